The van der Waals surface area contributed by atoms with E-state index in [9.17, 15) is 6.85 Å². The molecule has 0 radical (unpaired) electrons. The summed E-state index contributed by atoms with van der Waals surface area (Å²) in [5.41, 5.74) is 7.33. The molecule has 2 heterocycles. The van der Waals surface area contributed by atoms with E-state index in [0.717, 1.165) is 38.4 Å². The molecule has 13 aromatic carbocycles. The van der Waals surface area contributed by atoms with Crippen LogP contribution in [0.2, 0.25) is 0 Å². The van der Waals surface area contributed by atoms with Crippen LogP contribution in [0.25, 0.3) is 153 Å². The van der Waals surface area contributed by atoms with Crippen LogP contribution in [-0.2, 0) is 0 Å². The smallest absolute Gasteiger partial charge is 0.135 e. The number of hydrogen-bond acceptors (Lipinski definition) is 2. The highest BCUT2D eigenvalue weighted by molar-refractivity contribution is 6.27. The van der Waals surface area contributed by atoms with Crippen molar-refractivity contribution in [3.8, 4) is 44.5 Å². The second kappa shape index (κ2) is 12.6. The van der Waals surface area contributed by atoms with Crippen molar-refractivity contribution in [3.05, 3.63) is 206 Å². The summed E-state index contributed by atoms with van der Waals surface area (Å²) in [5.74, 6) is 0. The molecule has 0 N–H and O–H groups in total. The summed E-state index contributed by atoms with van der Waals surface area (Å²) in [6.07, 6.45) is 0. The lowest BCUT2D eigenvalue weighted by Gasteiger charge is -2.14. The molecular formula is C62H34O2. The Morgan fingerprint density at radius 1 is 0.266 bits per heavy atom. The molecule has 64 heavy (non-hydrogen) atoms. The Bertz CT molecular complexity index is 5400. The zero-order valence-corrected chi connectivity index (χ0v) is 33.1. The molecule has 0 aliphatic rings. The first-order valence-electron chi connectivity index (χ1n) is 29.2. The third-order valence-corrected chi connectivity index (χ3v) is 12.8. The fourth-order valence-corrected chi connectivity index (χ4v) is 9.74. The van der Waals surface area contributed by atoms with Gasteiger partial charge in [-0.3, -0.25) is 0 Å². The lowest BCUT2D eigenvalue weighted by Crippen LogP contribution is -1.87. The molecule has 0 aliphatic heterocycles. The topological polar surface area (TPSA) is 26.3 Å². The van der Waals surface area contributed by atoms with E-state index in [1.54, 1.807) is 24.3 Å². The second-order valence-electron chi connectivity index (χ2n) is 16.2. The van der Waals surface area contributed by atoms with Crippen molar-refractivity contribution in [1.29, 1.82) is 0 Å². The maximum absolute atomic E-state index is 9.35. The minimum absolute atomic E-state index is 0.0620. The molecule has 0 aliphatic carbocycles. The lowest BCUT2D eigenvalue weighted by molar-refractivity contribution is 0.668. The van der Waals surface area contributed by atoms with E-state index in [1.807, 2.05) is 66.7 Å². The van der Waals surface area contributed by atoms with Crippen LogP contribution in [-0.4, -0.2) is 0 Å². The van der Waals surface area contributed by atoms with Gasteiger partial charge < -0.3 is 8.83 Å². The third-order valence-electron chi connectivity index (χ3n) is 12.8. The molecule has 15 rings (SSSR count). The van der Waals surface area contributed by atoms with Crippen molar-refractivity contribution in [2.24, 2.45) is 0 Å². The predicted molar refractivity (Wildman–Crippen MR) is 270 cm³/mol. The van der Waals surface area contributed by atoms with Crippen LogP contribution < -0.4 is 0 Å². The summed E-state index contributed by atoms with van der Waals surface area (Å²) < 4.78 is 165. The molecule has 15 aromatic rings. The first-order valence-corrected chi connectivity index (χ1v) is 20.7. The van der Waals surface area contributed by atoms with Crippen molar-refractivity contribution in [1.82, 2.24) is 0 Å². The van der Waals surface area contributed by atoms with E-state index in [4.69, 9.17) is 25.3 Å². The van der Waals surface area contributed by atoms with Gasteiger partial charge in [-0.25, -0.2) is 0 Å². The molecule has 2 aromatic heterocycles. The van der Waals surface area contributed by atoms with Crippen molar-refractivity contribution >= 4 is 109 Å². The molecule has 2 nitrogen and oxygen atoms in total. The van der Waals surface area contributed by atoms with Gasteiger partial charge in [0.05, 0.1) is 23.3 Å². The largest absolute Gasteiger partial charge is 0.456 e. The standard InChI is InChI=1S/C62H34O2/c1-4-35-10-12-39-14-22-47(49-24-16-37(6-1)59(35)61(39)49)45-20-28-57-53(33-45)51-31-43(18-26-55(51)63-57)41-8-3-9-42(30-41)44-19-27-56-52(32-44)54-34-46(21-29-58(54)64-56)48-23-15-40-13-11-36-5-2-7-38-17-25-50(48)62(40)60(36)38/h1-34H/i1D,2D,4D,5D,6D,7D,10D,11D,12D,13D,14D,15D,16D,17D,22D,24D,25D. The van der Waals surface area contributed by atoms with Gasteiger partial charge in [0.1, 0.15) is 22.3 Å². The highest BCUT2D eigenvalue weighted by Crippen LogP contribution is 2.44. The Labute approximate surface area is 390 Å². The summed E-state index contributed by atoms with van der Waals surface area (Å²) in [6.45, 7) is 0. The van der Waals surface area contributed by atoms with Crippen molar-refractivity contribution in [2.45, 2.75) is 0 Å². The summed E-state index contributed by atoms with van der Waals surface area (Å²) in [4.78, 5) is 0. The van der Waals surface area contributed by atoms with E-state index < -0.39 is 54.4 Å². The van der Waals surface area contributed by atoms with Gasteiger partial charge in [0.15, 0.2) is 0 Å². The Hall–Kier alpha value is -8.46. The quantitative estimate of drug-likeness (QED) is 0.165. The van der Waals surface area contributed by atoms with Gasteiger partial charge in [0, 0.05) is 21.5 Å². The van der Waals surface area contributed by atoms with Crippen LogP contribution >= 0.6 is 0 Å². The maximum atomic E-state index is 9.35. The fraction of sp³-hybridized carbons (Fsp3) is 0. The Morgan fingerprint density at radius 2 is 0.641 bits per heavy atom. The molecular weight excluding hydrogens is 777 g/mol. The first-order chi connectivity index (χ1) is 38.8. The van der Waals surface area contributed by atoms with Crippen LogP contribution in [0.3, 0.4) is 0 Å². The van der Waals surface area contributed by atoms with Crippen LogP contribution in [0, 0.1) is 0 Å². The molecule has 0 fully saturated rings. The monoisotopic (exact) mass is 827 g/mol. The number of hydrogen-bond donors (Lipinski definition) is 0. The van der Waals surface area contributed by atoms with Crippen LogP contribution in [0.1, 0.15) is 23.3 Å². The van der Waals surface area contributed by atoms with Gasteiger partial charge in [0.2, 0.25) is 0 Å². The highest BCUT2D eigenvalue weighted by Gasteiger charge is 2.17. The van der Waals surface area contributed by atoms with Gasteiger partial charge in [-0.05, 0) is 164 Å². The van der Waals surface area contributed by atoms with Crippen LogP contribution in [0.4, 0.5) is 0 Å². The zero-order chi connectivity index (χ0) is 56.4. The van der Waals surface area contributed by atoms with E-state index in [-0.39, 0.29) is 119 Å². The number of rotatable bonds is 4. The predicted octanol–water partition coefficient (Wildman–Crippen LogP) is 17.9. The van der Waals surface area contributed by atoms with E-state index >= 15 is 0 Å². The van der Waals surface area contributed by atoms with Gasteiger partial charge in [-0.2, -0.15) is 0 Å². The van der Waals surface area contributed by atoms with Crippen LogP contribution in [0.15, 0.2) is 215 Å². The molecule has 2 heteroatoms. The number of fused-ring (bicyclic) bond motifs is 6. The molecule has 0 spiro atoms. The van der Waals surface area contributed by atoms with Crippen LogP contribution in [0.5, 0.6) is 0 Å². The Balaban J connectivity index is 0.850. The average Bonchev–Trinajstić information content (AvgIpc) is 2.60. The molecule has 0 amide bonds. The highest BCUT2D eigenvalue weighted by atomic mass is 16.3. The Kier molecular flexibility index (Phi) is 4.33. The summed E-state index contributed by atoms with van der Waals surface area (Å²) in [5, 5.41) is 3.47. The minimum atomic E-state index is -0.532. The average molecular weight is 828 g/mol. The van der Waals surface area contributed by atoms with E-state index in [1.165, 1.54) is 6.07 Å². The second-order valence-corrected chi connectivity index (χ2v) is 16.2. The lowest BCUT2D eigenvalue weighted by atomic mass is 9.89. The number of furan rings is 2. The molecule has 0 saturated carbocycles. The van der Waals surface area contributed by atoms with Gasteiger partial charge in [-0.1, -0.05) is 151 Å². The van der Waals surface area contributed by atoms with E-state index in [0.29, 0.717) is 44.4 Å². The zero-order valence-electron chi connectivity index (χ0n) is 50.1. The van der Waals surface area contributed by atoms with Crippen molar-refractivity contribution in [3.63, 3.8) is 0 Å². The first kappa shape index (κ1) is 22.1. The van der Waals surface area contributed by atoms with E-state index in [2.05, 4.69) is 6.07 Å². The van der Waals surface area contributed by atoms with Gasteiger partial charge >= 0.3 is 0 Å². The van der Waals surface area contributed by atoms with Gasteiger partial charge in [0.25, 0.3) is 0 Å². The Morgan fingerprint density at radius 3 is 1.16 bits per heavy atom. The molecule has 0 unspecified atom stereocenters. The molecule has 0 saturated heterocycles. The number of benzene rings is 13. The third kappa shape index (κ3) is 4.80. The minimum Gasteiger partial charge on any atom is -0.456 e. The molecule has 0 atom stereocenters. The summed E-state index contributed by atoms with van der Waals surface area (Å²) >= 11 is 0. The maximum Gasteiger partial charge on any atom is 0.135 e. The normalized spacial score (nSPS) is 16.1. The molecule has 294 valence electrons. The molecule has 0 bridgehead atoms. The SMILES string of the molecule is [2H]c1c([2H])c2c([2H])c([2H])c3c([2H])cc(-c4ccc5oc6ccc(-c7cccc(-c8ccc9oc%10ccc(-c%11c([2H])c([2H])c%12c([2H])c([2H])c%13c([2H])c([2H])c([2H])c%14c([2H])c([2H])c%11c%12c%13%14)cc%10c9c8)c7)cc6c5c4)c4c([2H])c([2H])c(c1[2H])c2c34. The van der Waals surface area contributed by atoms with Crippen molar-refractivity contribution < 1.29 is 32.1 Å². The van der Waals surface area contributed by atoms with Crippen molar-refractivity contribution in [2.75, 3.05) is 0 Å². The fourth-order valence-electron chi connectivity index (χ4n) is 9.74. The summed E-state index contributed by atoms with van der Waals surface area (Å²) in [6, 6.07) is 25.4. The summed E-state index contributed by atoms with van der Waals surface area (Å²) in [7, 11) is 0. The van der Waals surface area contributed by atoms with Gasteiger partial charge in [-0.15, -0.1) is 0 Å².